The number of rotatable bonds is 6. The van der Waals surface area contributed by atoms with E-state index in [0.29, 0.717) is 27.5 Å². The fraction of sp³-hybridized carbons (Fsp3) is 0.0455. The number of amides is 1. The number of carbonyl (C=O) groups is 2. The quantitative estimate of drug-likeness (QED) is 0.285. The molecule has 0 aliphatic rings. The largest absolute Gasteiger partial charge is 0.493 e. The Kier molecular flexibility index (Phi) is 6.60. The molecule has 0 aliphatic carbocycles. The number of carbonyl (C=O) groups excluding carboxylic acids is 2. The first-order chi connectivity index (χ1) is 14.1. The summed E-state index contributed by atoms with van der Waals surface area (Å²) in [6.07, 6.45) is 1.47. The molecule has 0 aromatic heterocycles. The second-order valence-corrected chi connectivity index (χ2v) is 6.31. The Morgan fingerprint density at radius 1 is 0.931 bits per heavy atom. The van der Waals surface area contributed by atoms with Crippen LogP contribution >= 0.6 is 11.6 Å². The molecule has 146 valence electrons. The SMILES string of the molecule is COc1cc(/C=N/NC(=O)c2ccccc2)ccc1OC(=O)c1ccc(Cl)cc1. The van der Waals surface area contributed by atoms with Crippen molar-refractivity contribution in [3.8, 4) is 11.5 Å². The van der Waals surface area contributed by atoms with Gasteiger partial charge in [0.05, 0.1) is 18.9 Å². The van der Waals surface area contributed by atoms with Crippen LogP contribution in [0.5, 0.6) is 11.5 Å². The second-order valence-electron chi connectivity index (χ2n) is 5.87. The van der Waals surface area contributed by atoms with Gasteiger partial charge < -0.3 is 9.47 Å². The van der Waals surface area contributed by atoms with E-state index < -0.39 is 5.97 Å². The van der Waals surface area contributed by atoms with E-state index in [1.807, 2.05) is 6.07 Å². The van der Waals surface area contributed by atoms with Crippen LogP contribution in [0.1, 0.15) is 26.3 Å². The normalized spacial score (nSPS) is 10.6. The van der Waals surface area contributed by atoms with Gasteiger partial charge in [0.25, 0.3) is 5.91 Å². The first-order valence-electron chi connectivity index (χ1n) is 8.61. The fourth-order valence-electron chi connectivity index (χ4n) is 2.41. The van der Waals surface area contributed by atoms with Crippen LogP contribution in [-0.4, -0.2) is 25.2 Å². The number of halogens is 1. The van der Waals surface area contributed by atoms with E-state index in [0.717, 1.165) is 0 Å². The topological polar surface area (TPSA) is 77.0 Å². The highest BCUT2D eigenvalue weighted by molar-refractivity contribution is 6.30. The van der Waals surface area contributed by atoms with Crippen LogP contribution < -0.4 is 14.9 Å². The van der Waals surface area contributed by atoms with Gasteiger partial charge in [-0.25, -0.2) is 10.2 Å². The van der Waals surface area contributed by atoms with E-state index in [4.69, 9.17) is 21.1 Å². The molecule has 0 aliphatic heterocycles. The van der Waals surface area contributed by atoms with Crippen LogP contribution in [0.4, 0.5) is 0 Å². The summed E-state index contributed by atoms with van der Waals surface area (Å²) in [5.74, 6) is -0.234. The standard InChI is InChI=1S/C22H17ClN2O4/c1-28-20-13-15(14-24-25-21(26)16-5-3-2-4-6-16)7-12-19(20)29-22(27)17-8-10-18(23)11-9-17/h2-14H,1H3,(H,25,26)/b24-14+. The van der Waals surface area contributed by atoms with E-state index in [1.165, 1.54) is 13.3 Å². The van der Waals surface area contributed by atoms with Gasteiger partial charge in [-0.15, -0.1) is 0 Å². The molecule has 3 rings (SSSR count). The molecule has 0 fully saturated rings. The molecule has 0 heterocycles. The van der Waals surface area contributed by atoms with Gasteiger partial charge in [0, 0.05) is 10.6 Å². The van der Waals surface area contributed by atoms with Crippen molar-refractivity contribution >= 4 is 29.7 Å². The van der Waals surface area contributed by atoms with Crippen molar-refractivity contribution in [2.24, 2.45) is 5.10 Å². The van der Waals surface area contributed by atoms with Crippen LogP contribution in [0.2, 0.25) is 5.02 Å². The van der Waals surface area contributed by atoms with Crippen molar-refractivity contribution in [1.82, 2.24) is 5.43 Å². The lowest BCUT2D eigenvalue weighted by atomic mass is 10.2. The molecule has 7 heteroatoms. The number of methoxy groups -OCH3 is 1. The van der Waals surface area contributed by atoms with Crippen molar-refractivity contribution in [2.45, 2.75) is 0 Å². The summed E-state index contributed by atoms with van der Waals surface area (Å²) >= 11 is 5.83. The van der Waals surface area contributed by atoms with E-state index in [9.17, 15) is 9.59 Å². The van der Waals surface area contributed by atoms with E-state index in [2.05, 4.69) is 10.5 Å². The van der Waals surface area contributed by atoms with Crippen LogP contribution in [0.15, 0.2) is 77.9 Å². The molecule has 0 radical (unpaired) electrons. The van der Waals surface area contributed by atoms with Gasteiger partial charge >= 0.3 is 5.97 Å². The third-order valence-electron chi connectivity index (χ3n) is 3.89. The predicted molar refractivity (Wildman–Crippen MR) is 111 cm³/mol. The third-order valence-corrected chi connectivity index (χ3v) is 4.14. The molecule has 29 heavy (non-hydrogen) atoms. The summed E-state index contributed by atoms with van der Waals surface area (Å²) in [6.45, 7) is 0. The minimum Gasteiger partial charge on any atom is -0.493 e. The maximum absolute atomic E-state index is 12.3. The molecule has 6 nitrogen and oxygen atoms in total. The highest BCUT2D eigenvalue weighted by atomic mass is 35.5. The van der Waals surface area contributed by atoms with Crippen molar-refractivity contribution in [3.63, 3.8) is 0 Å². The van der Waals surface area contributed by atoms with E-state index in [-0.39, 0.29) is 11.7 Å². The van der Waals surface area contributed by atoms with E-state index in [1.54, 1.807) is 66.7 Å². The number of benzene rings is 3. The molecular formula is C22H17ClN2O4. The smallest absolute Gasteiger partial charge is 0.343 e. The number of nitrogens with one attached hydrogen (secondary N) is 1. The van der Waals surface area contributed by atoms with Crippen LogP contribution in [-0.2, 0) is 0 Å². The summed E-state index contributed by atoms with van der Waals surface area (Å²) in [7, 11) is 1.47. The Labute approximate surface area is 172 Å². The molecule has 0 saturated heterocycles. The molecule has 0 spiro atoms. The van der Waals surface area contributed by atoms with E-state index >= 15 is 0 Å². The monoisotopic (exact) mass is 408 g/mol. The number of nitrogens with zero attached hydrogens (tertiary/aromatic N) is 1. The zero-order chi connectivity index (χ0) is 20.6. The first kappa shape index (κ1) is 20.1. The van der Waals surface area contributed by atoms with Crippen molar-refractivity contribution in [2.75, 3.05) is 7.11 Å². The van der Waals surface area contributed by atoms with Gasteiger partial charge in [0.2, 0.25) is 0 Å². The van der Waals surface area contributed by atoms with Crippen LogP contribution in [0.25, 0.3) is 0 Å². The van der Waals surface area contributed by atoms with Crippen molar-refractivity contribution in [3.05, 3.63) is 94.5 Å². The van der Waals surface area contributed by atoms with Crippen LogP contribution in [0.3, 0.4) is 0 Å². The maximum Gasteiger partial charge on any atom is 0.343 e. The summed E-state index contributed by atoms with van der Waals surface area (Å²) in [5.41, 5.74) is 3.98. The zero-order valence-electron chi connectivity index (χ0n) is 15.5. The van der Waals surface area contributed by atoms with Crippen LogP contribution in [0, 0.1) is 0 Å². The molecule has 0 unspecified atom stereocenters. The minimum absolute atomic E-state index is 0.262. The van der Waals surface area contributed by atoms with Crippen molar-refractivity contribution < 1.29 is 19.1 Å². The lowest BCUT2D eigenvalue weighted by molar-refractivity contribution is 0.0729. The highest BCUT2D eigenvalue weighted by Gasteiger charge is 2.13. The number of hydrazone groups is 1. The Morgan fingerprint density at radius 2 is 1.66 bits per heavy atom. The van der Waals surface area contributed by atoms with Gasteiger partial charge in [-0.2, -0.15) is 5.10 Å². The molecule has 0 bridgehead atoms. The molecule has 1 amide bonds. The number of esters is 1. The Hall–Kier alpha value is -3.64. The molecule has 3 aromatic rings. The van der Waals surface area contributed by atoms with Gasteiger partial charge in [-0.05, 0) is 60.2 Å². The van der Waals surface area contributed by atoms with Gasteiger partial charge in [-0.3, -0.25) is 4.79 Å². The summed E-state index contributed by atoms with van der Waals surface area (Å²) in [6, 6.07) is 20.0. The Bertz CT molecular complexity index is 1030. The first-order valence-corrected chi connectivity index (χ1v) is 8.99. The molecule has 3 aromatic carbocycles. The molecular weight excluding hydrogens is 392 g/mol. The third kappa shape index (κ3) is 5.43. The highest BCUT2D eigenvalue weighted by Crippen LogP contribution is 2.28. The Balaban J connectivity index is 1.67. The average molecular weight is 409 g/mol. The lowest BCUT2D eigenvalue weighted by Gasteiger charge is -2.10. The summed E-state index contributed by atoms with van der Waals surface area (Å²) in [5, 5.41) is 4.47. The molecule has 0 saturated carbocycles. The minimum atomic E-state index is -0.531. The number of hydrogen-bond acceptors (Lipinski definition) is 5. The lowest BCUT2D eigenvalue weighted by Crippen LogP contribution is -2.17. The molecule has 0 atom stereocenters. The fourth-order valence-corrected chi connectivity index (χ4v) is 2.54. The maximum atomic E-state index is 12.3. The zero-order valence-corrected chi connectivity index (χ0v) is 16.2. The number of ether oxygens (including phenoxy) is 2. The summed E-state index contributed by atoms with van der Waals surface area (Å²) in [4.78, 5) is 24.2. The predicted octanol–water partition coefficient (Wildman–Crippen LogP) is 4.33. The number of hydrogen-bond donors (Lipinski definition) is 1. The van der Waals surface area contributed by atoms with Gasteiger partial charge in [-0.1, -0.05) is 29.8 Å². The van der Waals surface area contributed by atoms with Gasteiger partial charge in [0.15, 0.2) is 11.5 Å². The summed E-state index contributed by atoms with van der Waals surface area (Å²) < 4.78 is 10.7. The Morgan fingerprint density at radius 3 is 2.34 bits per heavy atom. The average Bonchev–Trinajstić information content (AvgIpc) is 2.75. The molecule has 1 N–H and O–H groups in total. The van der Waals surface area contributed by atoms with Crippen molar-refractivity contribution in [1.29, 1.82) is 0 Å². The second kappa shape index (κ2) is 9.52. The van der Waals surface area contributed by atoms with Gasteiger partial charge in [0.1, 0.15) is 0 Å².